The van der Waals surface area contributed by atoms with E-state index in [1.807, 2.05) is 109 Å². The largest absolute Gasteiger partial charge is 0.278 e. The molecular weight excluding hydrogens is 440 g/mol. The standard InChI is InChI=1S/C32H26N4/c1-5-15-25(16-6-1)31(35-33-27-19-9-3-10-20-27)29-23-13-14-24-30(29)32(26-17-7-2-8-18-26)36-34-28-21-11-4-12-22-28/h1-24,33-34H/b35-31+,36-32?. The molecule has 0 spiro atoms. The van der Waals surface area contributed by atoms with Crippen LogP contribution in [0.5, 0.6) is 0 Å². The maximum atomic E-state index is 4.88. The molecule has 36 heavy (non-hydrogen) atoms. The summed E-state index contributed by atoms with van der Waals surface area (Å²) >= 11 is 0. The number of nitrogens with one attached hydrogen (secondary N) is 2. The van der Waals surface area contributed by atoms with E-state index in [2.05, 4.69) is 47.2 Å². The van der Waals surface area contributed by atoms with Crippen LogP contribution >= 0.6 is 0 Å². The normalized spacial score (nSPS) is 11.7. The van der Waals surface area contributed by atoms with Gasteiger partial charge in [-0.05, 0) is 24.3 Å². The van der Waals surface area contributed by atoms with E-state index in [1.54, 1.807) is 0 Å². The summed E-state index contributed by atoms with van der Waals surface area (Å²) in [6, 6.07) is 48.6. The number of nitrogens with zero attached hydrogens (tertiary/aromatic N) is 2. The molecule has 0 unspecified atom stereocenters. The van der Waals surface area contributed by atoms with Crippen LogP contribution in [0.15, 0.2) is 156 Å². The van der Waals surface area contributed by atoms with Crippen LogP contribution < -0.4 is 10.9 Å². The number of para-hydroxylation sites is 2. The van der Waals surface area contributed by atoms with Gasteiger partial charge in [-0.2, -0.15) is 10.2 Å². The molecule has 0 radical (unpaired) electrons. The molecule has 2 N–H and O–H groups in total. The summed E-state index contributed by atoms with van der Waals surface area (Å²) in [5, 5.41) is 9.76. The number of rotatable bonds is 8. The summed E-state index contributed by atoms with van der Waals surface area (Å²) in [6.07, 6.45) is 0. The van der Waals surface area contributed by atoms with E-state index >= 15 is 0 Å². The van der Waals surface area contributed by atoms with Crippen molar-refractivity contribution in [1.29, 1.82) is 0 Å². The second kappa shape index (κ2) is 11.4. The first kappa shape index (κ1) is 22.8. The van der Waals surface area contributed by atoms with E-state index in [-0.39, 0.29) is 0 Å². The first-order valence-corrected chi connectivity index (χ1v) is 11.9. The van der Waals surface area contributed by atoms with Gasteiger partial charge in [0.1, 0.15) is 0 Å². The van der Waals surface area contributed by atoms with Crippen molar-refractivity contribution in [3.05, 3.63) is 168 Å². The highest BCUT2D eigenvalue weighted by Crippen LogP contribution is 2.21. The van der Waals surface area contributed by atoms with Gasteiger partial charge in [0.25, 0.3) is 0 Å². The van der Waals surface area contributed by atoms with Crippen LogP contribution in [0.4, 0.5) is 11.4 Å². The number of hydrogen-bond donors (Lipinski definition) is 2. The Bertz CT molecular complexity index is 1330. The molecule has 5 aromatic carbocycles. The van der Waals surface area contributed by atoms with Crippen molar-refractivity contribution in [3.63, 3.8) is 0 Å². The number of hydrazone groups is 2. The van der Waals surface area contributed by atoms with Crippen molar-refractivity contribution in [3.8, 4) is 0 Å². The van der Waals surface area contributed by atoms with Crippen LogP contribution in [0.3, 0.4) is 0 Å². The Morgan fingerprint density at radius 2 is 0.667 bits per heavy atom. The van der Waals surface area contributed by atoms with Gasteiger partial charge < -0.3 is 0 Å². The average molecular weight is 467 g/mol. The smallest absolute Gasteiger partial charge is 0.0984 e. The first-order chi connectivity index (χ1) is 17.9. The minimum absolute atomic E-state index is 0.832. The summed E-state index contributed by atoms with van der Waals surface area (Å²) in [4.78, 5) is 0. The van der Waals surface area contributed by atoms with Crippen molar-refractivity contribution >= 4 is 22.8 Å². The van der Waals surface area contributed by atoms with Crippen LogP contribution in [0.1, 0.15) is 22.3 Å². The zero-order chi connectivity index (χ0) is 24.4. The number of benzene rings is 5. The van der Waals surface area contributed by atoms with Gasteiger partial charge in [0, 0.05) is 22.3 Å². The van der Waals surface area contributed by atoms with E-state index in [9.17, 15) is 0 Å². The summed E-state index contributed by atoms with van der Waals surface area (Å²) in [5.41, 5.74) is 14.0. The zero-order valence-corrected chi connectivity index (χ0v) is 19.8. The van der Waals surface area contributed by atoms with Crippen LogP contribution in [-0.4, -0.2) is 11.4 Å². The summed E-state index contributed by atoms with van der Waals surface area (Å²) in [5.74, 6) is 0. The SMILES string of the molecule is c1ccc(NN=C(c2ccccc2)c2ccccc2/C(=N/Nc2ccccc2)c2ccccc2)cc1. The molecular formula is C32H26N4. The molecule has 0 aliphatic rings. The van der Waals surface area contributed by atoms with Crippen LogP contribution in [0.25, 0.3) is 0 Å². The lowest BCUT2D eigenvalue weighted by Crippen LogP contribution is -2.15. The molecule has 0 fully saturated rings. The quantitative estimate of drug-likeness (QED) is 0.185. The van der Waals surface area contributed by atoms with Crippen molar-refractivity contribution in [1.82, 2.24) is 0 Å². The fraction of sp³-hybridized carbons (Fsp3) is 0. The molecule has 0 saturated heterocycles. The number of hydrogen-bond acceptors (Lipinski definition) is 4. The van der Waals surface area contributed by atoms with Crippen LogP contribution in [-0.2, 0) is 0 Å². The summed E-state index contributed by atoms with van der Waals surface area (Å²) in [7, 11) is 0. The Balaban J connectivity index is 1.64. The molecule has 5 aromatic rings. The van der Waals surface area contributed by atoms with Crippen molar-refractivity contribution in [2.45, 2.75) is 0 Å². The molecule has 0 aliphatic carbocycles. The van der Waals surface area contributed by atoms with Gasteiger partial charge >= 0.3 is 0 Å². The molecule has 0 atom stereocenters. The summed E-state index contributed by atoms with van der Waals surface area (Å²) in [6.45, 7) is 0. The van der Waals surface area contributed by atoms with Gasteiger partial charge in [-0.15, -0.1) is 0 Å². The minimum Gasteiger partial charge on any atom is -0.278 e. The van der Waals surface area contributed by atoms with Crippen molar-refractivity contribution in [2.75, 3.05) is 10.9 Å². The lowest BCUT2D eigenvalue weighted by molar-refractivity contribution is 1.31. The molecule has 0 saturated carbocycles. The molecule has 4 heteroatoms. The highest BCUT2D eigenvalue weighted by atomic mass is 15.3. The fourth-order valence-electron chi connectivity index (χ4n) is 3.91. The average Bonchev–Trinajstić information content (AvgIpc) is 2.96. The van der Waals surface area contributed by atoms with Crippen molar-refractivity contribution in [2.24, 2.45) is 10.2 Å². The maximum absolute atomic E-state index is 4.88. The second-order valence-electron chi connectivity index (χ2n) is 8.15. The molecule has 0 bridgehead atoms. The third-order valence-corrected chi connectivity index (χ3v) is 5.67. The lowest BCUT2D eigenvalue weighted by Gasteiger charge is -2.16. The second-order valence-corrected chi connectivity index (χ2v) is 8.15. The maximum Gasteiger partial charge on any atom is 0.0984 e. The van der Waals surface area contributed by atoms with Gasteiger partial charge in [0.2, 0.25) is 0 Å². The van der Waals surface area contributed by atoms with Gasteiger partial charge in [0.15, 0.2) is 0 Å². The topological polar surface area (TPSA) is 48.8 Å². The van der Waals surface area contributed by atoms with Gasteiger partial charge in [-0.1, -0.05) is 121 Å². The Morgan fingerprint density at radius 1 is 0.361 bits per heavy atom. The van der Waals surface area contributed by atoms with E-state index in [0.717, 1.165) is 45.1 Å². The highest BCUT2D eigenvalue weighted by molar-refractivity contribution is 6.23. The third-order valence-electron chi connectivity index (χ3n) is 5.67. The zero-order valence-electron chi connectivity index (χ0n) is 19.8. The lowest BCUT2D eigenvalue weighted by atomic mass is 9.92. The molecule has 0 amide bonds. The Kier molecular flexibility index (Phi) is 7.26. The molecule has 174 valence electrons. The van der Waals surface area contributed by atoms with Crippen LogP contribution in [0.2, 0.25) is 0 Å². The number of anilines is 2. The third kappa shape index (κ3) is 5.57. The van der Waals surface area contributed by atoms with E-state index in [0.29, 0.717) is 0 Å². The summed E-state index contributed by atoms with van der Waals surface area (Å²) < 4.78 is 0. The predicted molar refractivity (Wildman–Crippen MR) is 151 cm³/mol. The van der Waals surface area contributed by atoms with Crippen LogP contribution in [0, 0.1) is 0 Å². The monoisotopic (exact) mass is 466 g/mol. The van der Waals surface area contributed by atoms with Gasteiger partial charge in [0.05, 0.1) is 22.8 Å². The van der Waals surface area contributed by atoms with E-state index in [4.69, 9.17) is 10.2 Å². The van der Waals surface area contributed by atoms with E-state index in [1.165, 1.54) is 0 Å². The first-order valence-electron chi connectivity index (χ1n) is 11.9. The molecule has 5 rings (SSSR count). The fourth-order valence-corrected chi connectivity index (χ4v) is 3.91. The molecule has 0 aliphatic heterocycles. The molecule has 4 nitrogen and oxygen atoms in total. The Hall–Kier alpha value is -4.96. The molecule has 0 heterocycles. The molecule has 0 aromatic heterocycles. The Labute approximate surface area is 211 Å². The van der Waals surface area contributed by atoms with Gasteiger partial charge in [-0.25, -0.2) is 0 Å². The highest BCUT2D eigenvalue weighted by Gasteiger charge is 2.17. The Morgan fingerprint density at radius 3 is 1.03 bits per heavy atom. The minimum atomic E-state index is 0.832. The van der Waals surface area contributed by atoms with Crippen molar-refractivity contribution < 1.29 is 0 Å². The predicted octanol–water partition coefficient (Wildman–Crippen LogP) is 7.42. The van der Waals surface area contributed by atoms with Gasteiger partial charge in [-0.3, -0.25) is 10.9 Å². The van der Waals surface area contributed by atoms with E-state index < -0.39 is 0 Å².